The molecule has 1 heterocycles. The van der Waals surface area contributed by atoms with Crippen LogP contribution in [0.2, 0.25) is 0 Å². The number of aromatic nitrogens is 2. The predicted octanol–water partition coefficient (Wildman–Crippen LogP) is 3.99. The monoisotopic (exact) mass is 310 g/mol. The molecule has 1 aromatic carbocycles. The van der Waals surface area contributed by atoms with Gasteiger partial charge in [-0.15, -0.1) is 11.6 Å². The van der Waals surface area contributed by atoms with Gasteiger partial charge in [0.05, 0.1) is 18.5 Å². The molecule has 0 unspecified atom stereocenters. The number of nitrogens with zero attached hydrogens (tertiary/aromatic N) is 2. The van der Waals surface area contributed by atoms with E-state index in [9.17, 15) is 0 Å². The normalized spacial score (nSPS) is 11.2. The Balaban J connectivity index is 2.07. The van der Waals surface area contributed by atoms with Crippen LogP contribution < -0.4 is 4.74 Å². The highest BCUT2D eigenvalue weighted by molar-refractivity contribution is 6.16. The number of benzene rings is 1. The number of alkyl halides is 1. The minimum atomic E-state index is 0.397. The molecule has 21 heavy (non-hydrogen) atoms. The maximum Gasteiger partial charge on any atom is 0.146 e. The molecule has 0 amide bonds. The number of hydrogen-bond acceptors (Lipinski definition) is 3. The second-order valence-corrected chi connectivity index (χ2v) is 5.23. The van der Waals surface area contributed by atoms with Crippen molar-refractivity contribution in [1.29, 1.82) is 0 Å². The topological polar surface area (TPSA) is 36.3 Å². The number of aryl methyl sites for hydroxylation is 1. The van der Waals surface area contributed by atoms with Gasteiger partial charge in [-0.1, -0.05) is 19.4 Å². The summed E-state index contributed by atoms with van der Waals surface area (Å²) in [5.74, 6) is 2.07. The second-order valence-electron chi connectivity index (χ2n) is 4.96. The van der Waals surface area contributed by atoms with Gasteiger partial charge in [-0.25, -0.2) is 4.98 Å². The Morgan fingerprint density at radius 1 is 1.24 bits per heavy atom. The highest BCUT2D eigenvalue weighted by Gasteiger charge is 2.12. The van der Waals surface area contributed by atoms with Gasteiger partial charge in [-0.05, 0) is 25.0 Å². The largest absolute Gasteiger partial charge is 0.494 e. The van der Waals surface area contributed by atoms with Gasteiger partial charge in [0.15, 0.2) is 0 Å². The number of rotatable bonds is 9. The Bertz CT molecular complexity index is 569. The SMILES string of the molecule is CCCCOCCCn1c(CCl)nc2c(OC)cccc21. The maximum atomic E-state index is 6.03. The first kappa shape index (κ1) is 16.1. The van der Waals surface area contributed by atoms with Gasteiger partial charge >= 0.3 is 0 Å². The van der Waals surface area contributed by atoms with Crippen LogP contribution >= 0.6 is 11.6 Å². The van der Waals surface area contributed by atoms with Crippen LogP contribution in [0.5, 0.6) is 5.75 Å². The van der Waals surface area contributed by atoms with Crippen molar-refractivity contribution < 1.29 is 9.47 Å². The van der Waals surface area contributed by atoms with Crippen molar-refractivity contribution in [3.05, 3.63) is 24.0 Å². The highest BCUT2D eigenvalue weighted by atomic mass is 35.5. The van der Waals surface area contributed by atoms with E-state index in [-0.39, 0.29) is 0 Å². The molecule has 0 spiro atoms. The molecule has 2 aromatic rings. The van der Waals surface area contributed by atoms with E-state index in [2.05, 4.69) is 22.5 Å². The van der Waals surface area contributed by atoms with Crippen LogP contribution in [0.4, 0.5) is 0 Å². The molecule has 0 aliphatic carbocycles. The molecule has 0 fully saturated rings. The van der Waals surface area contributed by atoms with Gasteiger partial charge in [0.2, 0.25) is 0 Å². The van der Waals surface area contributed by atoms with Crippen LogP contribution in [0.3, 0.4) is 0 Å². The zero-order chi connectivity index (χ0) is 15.1. The third-order valence-electron chi connectivity index (χ3n) is 3.47. The lowest BCUT2D eigenvalue weighted by Gasteiger charge is -2.08. The molecule has 0 atom stereocenters. The molecule has 0 N–H and O–H groups in total. The van der Waals surface area contributed by atoms with E-state index >= 15 is 0 Å². The number of unbranched alkanes of at least 4 members (excludes halogenated alkanes) is 1. The van der Waals surface area contributed by atoms with Crippen molar-refractivity contribution in [3.8, 4) is 5.75 Å². The molecule has 1 aromatic heterocycles. The molecule has 0 bridgehead atoms. The average Bonchev–Trinajstić information content (AvgIpc) is 2.88. The van der Waals surface area contributed by atoms with E-state index in [0.29, 0.717) is 5.88 Å². The molecule has 0 saturated carbocycles. The first-order chi connectivity index (χ1) is 10.3. The van der Waals surface area contributed by atoms with Crippen molar-refractivity contribution in [1.82, 2.24) is 9.55 Å². The van der Waals surface area contributed by atoms with E-state index in [1.165, 1.54) is 6.42 Å². The van der Waals surface area contributed by atoms with E-state index < -0.39 is 0 Å². The van der Waals surface area contributed by atoms with Crippen LogP contribution in [-0.4, -0.2) is 29.9 Å². The fraction of sp³-hybridized carbons (Fsp3) is 0.562. The number of ether oxygens (including phenoxy) is 2. The van der Waals surface area contributed by atoms with Gasteiger partial charge < -0.3 is 14.0 Å². The van der Waals surface area contributed by atoms with Crippen LogP contribution in [-0.2, 0) is 17.2 Å². The molecular formula is C16H23ClN2O2. The summed E-state index contributed by atoms with van der Waals surface area (Å²) in [5, 5.41) is 0. The molecular weight excluding hydrogens is 288 g/mol. The Morgan fingerprint density at radius 3 is 2.76 bits per heavy atom. The maximum absolute atomic E-state index is 6.03. The molecule has 5 heteroatoms. The molecule has 0 aliphatic heterocycles. The molecule has 0 saturated heterocycles. The second kappa shape index (κ2) is 8.25. The van der Waals surface area contributed by atoms with Gasteiger partial charge in [0.25, 0.3) is 0 Å². The summed E-state index contributed by atoms with van der Waals surface area (Å²) in [6.07, 6.45) is 3.25. The summed E-state index contributed by atoms with van der Waals surface area (Å²) in [5.41, 5.74) is 1.95. The van der Waals surface area contributed by atoms with Crippen LogP contribution in [0.1, 0.15) is 32.0 Å². The number of fused-ring (bicyclic) bond motifs is 1. The Morgan fingerprint density at radius 2 is 2.05 bits per heavy atom. The number of halogens is 1. The van der Waals surface area contributed by atoms with Crippen molar-refractivity contribution in [2.45, 2.75) is 38.6 Å². The van der Waals surface area contributed by atoms with Crippen LogP contribution in [0.25, 0.3) is 11.0 Å². The minimum Gasteiger partial charge on any atom is -0.494 e. The number of hydrogen-bond donors (Lipinski definition) is 0. The summed E-state index contributed by atoms with van der Waals surface area (Å²) in [4.78, 5) is 4.60. The third kappa shape index (κ3) is 3.89. The lowest BCUT2D eigenvalue weighted by atomic mass is 10.3. The Labute approximate surface area is 131 Å². The Kier molecular flexibility index (Phi) is 6.33. The number of methoxy groups -OCH3 is 1. The first-order valence-corrected chi connectivity index (χ1v) is 8.01. The van der Waals surface area contributed by atoms with Crippen molar-refractivity contribution in [2.75, 3.05) is 20.3 Å². The van der Waals surface area contributed by atoms with Gasteiger partial charge in [0.1, 0.15) is 17.1 Å². The van der Waals surface area contributed by atoms with Crippen LogP contribution in [0, 0.1) is 0 Å². The van der Waals surface area contributed by atoms with Gasteiger partial charge in [-0.2, -0.15) is 0 Å². The van der Waals surface area contributed by atoms with E-state index in [1.54, 1.807) is 7.11 Å². The van der Waals surface area contributed by atoms with Crippen molar-refractivity contribution in [2.24, 2.45) is 0 Å². The summed E-state index contributed by atoms with van der Waals surface area (Å²) in [6.45, 7) is 4.64. The van der Waals surface area contributed by atoms with Gasteiger partial charge in [0, 0.05) is 19.8 Å². The van der Waals surface area contributed by atoms with Crippen molar-refractivity contribution >= 4 is 22.6 Å². The molecule has 4 nitrogen and oxygen atoms in total. The lowest BCUT2D eigenvalue weighted by Crippen LogP contribution is -2.06. The Hall–Kier alpha value is -1.26. The smallest absolute Gasteiger partial charge is 0.146 e. The van der Waals surface area contributed by atoms with Crippen LogP contribution in [0.15, 0.2) is 18.2 Å². The fourth-order valence-electron chi connectivity index (χ4n) is 2.36. The molecule has 0 aliphatic rings. The quantitative estimate of drug-likeness (QED) is 0.519. The fourth-order valence-corrected chi connectivity index (χ4v) is 2.56. The number of para-hydroxylation sites is 1. The molecule has 116 valence electrons. The van der Waals surface area contributed by atoms with Crippen molar-refractivity contribution in [3.63, 3.8) is 0 Å². The van der Waals surface area contributed by atoms with Gasteiger partial charge in [-0.3, -0.25) is 0 Å². The third-order valence-corrected chi connectivity index (χ3v) is 3.71. The first-order valence-electron chi connectivity index (χ1n) is 7.47. The van der Waals surface area contributed by atoms with E-state index in [4.69, 9.17) is 21.1 Å². The average molecular weight is 311 g/mol. The summed E-state index contributed by atoms with van der Waals surface area (Å²) in [7, 11) is 1.66. The lowest BCUT2D eigenvalue weighted by molar-refractivity contribution is 0.126. The summed E-state index contributed by atoms with van der Waals surface area (Å²) < 4.78 is 13.1. The van der Waals surface area contributed by atoms with E-state index in [0.717, 1.165) is 55.2 Å². The summed E-state index contributed by atoms with van der Waals surface area (Å²) in [6, 6.07) is 5.96. The van der Waals surface area contributed by atoms with E-state index in [1.807, 2.05) is 12.1 Å². The zero-order valence-corrected chi connectivity index (χ0v) is 13.5. The predicted molar refractivity (Wildman–Crippen MR) is 86.2 cm³/mol. The standard InChI is InChI=1S/C16H23ClN2O2/c1-3-4-10-21-11-6-9-19-13-7-5-8-14(20-2)16(13)18-15(19)12-17/h5,7-8H,3-4,6,9-12H2,1-2H3. The summed E-state index contributed by atoms with van der Waals surface area (Å²) >= 11 is 6.03. The molecule has 0 radical (unpaired) electrons. The number of imidazole rings is 1. The minimum absolute atomic E-state index is 0.397. The molecule has 2 rings (SSSR count). The zero-order valence-electron chi connectivity index (χ0n) is 12.8. The highest BCUT2D eigenvalue weighted by Crippen LogP contribution is 2.26.